The van der Waals surface area contributed by atoms with Crippen molar-refractivity contribution in [3.63, 3.8) is 0 Å². The normalized spacial score (nSPS) is 24.8. The van der Waals surface area contributed by atoms with Gasteiger partial charge >= 0.3 is 0 Å². The van der Waals surface area contributed by atoms with Gasteiger partial charge in [-0.15, -0.1) is 0 Å². The van der Waals surface area contributed by atoms with E-state index in [0.717, 1.165) is 11.8 Å². The van der Waals surface area contributed by atoms with Crippen LogP contribution < -0.4 is 4.90 Å². The van der Waals surface area contributed by atoms with Crippen LogP contribution in [0, 0.1) is 6.92 Å². The first-order chi connectivity index (χ1) is 7.61. The summed E-state index contributed by atoms with van der Waals surface area (Å²) in [5, 5.41) is 18.9. The van der Waals surface area contributed by atoms with Gasteiger partial charge < -0.3 is 15.1 Å². The molecule has 5 nitrogen and oxygen atoms in total. The average Bonchev–Trinajstić information content (AvgIpc) is 2.58. The van der Waals surface area contributed by atoms with Crippen LogP contribution in [0.4, 0.5) is 5.82 Å². The Bertz CT molecular complexity index is 398. The van der Waals surface area contributed by atoms with E-state index in [1.807, 2.05) is 11.8 Å². The largest absolute Gasteiger partial charge is 0.389 e. The van der Waals surface area contributed by atoms with Gasteiger partial charge in [0.1, 0.15) is 5.82 Å². The van der Waals surface area contributed by atoms with Crippen molar-refractivity contribution >= 4 is 12.1 Å². The van der Waals surface area contributed by atoms with E-state index in [2.05, 4.69) is 4.98 Å². The molecule has 0 saturated carbocycles. The summed E-state index contributed by atoms with van der Waals surface area (Å²) in [6, 6.07) is 1.74. The highest BCUT2D eigenvalue weighted by Gasteiger charge is 2.30. The lowest BCUT2D eigenvalue weighted by Gasteiger charge is -2.18. The van der Waals surface area contributed by atoms with Gasteiger partial charge in [0, 0.05) is 24.8 Å². The van der Waals surface area contributed by atoms with Crippen molar-refractivity contribution in [1.29, 1.82) is 0 Å². The molecule has 1 aromatic heterocycles. The standard InChI is InChI=1S/C11H14N2O3/c1-7-2-8(6-14)3-12-11(7)13-4-9(15)10(16)5-13/h2-3,6,9-10,15-16H,4-5H2,1H3. The summed E-state index contributed by atoms with van der Waals surface area (Å²) in [5.41, 5.74) is 1.40. The number of pyridine rings is 1. The predicted octanol–water partition coefficient (Wildman–Crippen LogP) is -0.256. The van der Waals surface area contributed by atoms with E-state index in [0.29, 0.717) is 24.5 Å². The second-order valence-corrected chi connectivity index (χ2v) is 4.07. The van der Waals surface area contributed by atoms with E-state index in [1.54, 1.807) is 6.07 Å². The third kappa shape index (κ3) is 1.91. The van der Waals surface area contributed by atoms with Gasteiger partial charge in [0.2, 0.25) is 0 Å². The SMILES string of the molecule is Cc1cc(C=O)cnc1N1CC(O)C(O)C1. The summed E-state index contributed by atoms with van der Waals surface area (Å²) in [4.78, 5) is 16.6. The zero-order valence-electron chi connectivity index (χ0n) is 9.00. The van der Waals surface area contributed by atoms with Crippen LogP contribution in [0.1, 0.15) is 15.9 Å². The topological polar surface area (TPSA) is 73.7 Å². The molecule has 0 bridgehead atoms. The molecule has 0 radical (unpaired) electrons. The van der Waals surface area contributed by atoms with Crippen molar-refractivity contribution in [2.75, 3.05) is 18.0 Å². The average molecular weight is 222 g/mol. The minimum Gasteiger partial charge on any atom is -0.389 e. The number of carbonyl (C=O) groups is 1. The van der Waals surface area contributed by atoms with Gasteiger partial charge in [0.05, 0.1) is 12.2 Å². The Labute approximate surface area is 93.3 Å². The Hall–Kier alpha value is -1.46. The first-order valence-electron chi connectivity index (χ1n) is 5.14. The monoisotopic (exact) mass is 222 g/mol. The van der Waals surface area contributed by atoms with Gasteiger partial charge in [-0.25, -0.2) is 4.98 Å². The lowest BCUT2D eigenvalue weighted by molar-refractivity contribution is 0.0572. The second-order valence-electron chi connectivity index (χ2n) is 4.07. The lowest BCUT2D eigenvalue weighted by Crippen LogP contribution is -2.23. The molecule has 0 spiro atoms. The summed E-state index contributed by atoms with van der Waals surface area (Å²) in [5.74, 6) is 0.709. The highest BCUT2D eigenvalue weighted by atomic mass is 16.3. The molecule has 86 valence electrons. The van der Waals surface area contributed by atoms with E-state index >= 15 is 0 Å². The maximum atomic E-state index is 10.6. The van der Waals surface area contributed by atoms with Crippen LogP contribution in [0.2, 0.25) is 0 Å². The molecule has 2 atom stereocenters. The lowest BCUT2D eigenvalue weighted by atomic mass is 10.2. The molecule has 1 saturated heterocycles. The molecule has 2 unspecified atom stereocenters. The fraction of sp³-hybridized carbons (Fsp3) is 0.455. The molecule has 1 fully saturated rings. The number of hydrogen-bond donors (Lipinski definition) is 2. The molecule has 2 N–H and O–H groups in total. The number of carbonyl (C=O) groups excluding carboxylic acids is 1. The van der Waals surface area contributed by atoms with E-state index in [-0.39, 0.29) is 0 Å². The maximum Gasteiger partial charge on any atom is 0.151 e. The zero-order valence-corrected chi connectivity index (χ0v) is 9.00. The number of hydrogen-bond acceptors (Lipinski definition) is 5. The quantitative estimate of drug-likeness (QED) is 0.675. The van der Waals surface area contributed by atoms with Crippen LogP contribution >= 0.6 is 0 Å². The van der Waals surface area contributed by atoms with Gasteiger partial charge in [-0.1, -0.05) is 0 Å². The molecule has 5 heteroatoms. The Kier molecular flexibility index (Phi) is 2.89. The summed E-state index contributed by atoms with van der Waals surface area (Å²) in [6.07, 6.45) is 0.781. The highest BCUT2D eigenvalue weighted by molar-refractivity contribution is 5.75. The van der Waals surface area contributed by atoms with Gasteiger partial charge in [-0.2, -0.15) is 0 Å². The number of anilines is 1. The number of aromatic nitrogens is 1. The number of nitrogens with zero attached hydrogens (tertiary/aromatic N) is 2. The number of rotatable bonds is 2. The van der Waals surface area contributed by atoms with Gasteiger partial charge in [-0.05, 0) is 18.6 Å². The minimum atomic E-state index is -0.730. The highest BCUT2D eigenvalue weighted by Crippen LogP contribution is 2.22. The Balaban J connectivity index is 2.25. The molecule has 1 aromatic rings. The van der Waals surface area contributed by atoms with Crippen molar-refractivity contribution in [2.45, 2.75) is 19.1 Å². The summed E-state index contributed by atoms with van der Waals surface area (Å²) in [6.45, 7) is 2.59. The summed E-state index contributed by atoms with van der Waals surface area (Å²) >= 11 is 0. The van der Waals surface area contributed by atoms with Crippen molar-refractivity contribution in [3.05, 3.63) is 23.4 Å². The number of aliphatic hydroxyl groups is 2. The van der Waals surface area contributed by atoms with Crippen LogP contribution in [0.15, 0.2) is 12.3 Å². The van der Waals surface area contributed by atoms with Crippen LogP contribution in [-0.4, -0.2) is 46.8 Å². The minimum absolute atomic E-state index is 0.370. The van der Waals surface area contributed by atoms with E-state index in [4.69, 9.17) is 0 Å². The molecule has 2 rings (SSSR count). The van der Waals surface area contributed by atoms with Crippen molar-refractivity contribution in [3.8, 4) is 0 Å². The summed E-state index contributed by atoms with van der Waals surface area (Å²) < 4.78 is 0. The fourth-order valence-corrected chi connectivity index (χ4v) is 1.93. The van der Waals surface area contributed by atoms with Gasteiger partial charge in [0.15, 0.2) is 6.29 Å². The van der Waals surface area contributed by atoms with E-state index < -0.39 is 12.2 Å². The van der Waals surface area contributed by atoms with E-state index in [9.17, 15) is 15.0 Å². The molecule has 0 aromatic carbocycles. The first kappa shape index (κ1) is 11.0. The number of β-amino-alcohol motifs (C(OH)–C–C–N with tert-alkyl or cyclic N) is 2. The predicted molar refractivity (Wildman–Crippen MR) is 58.6 cm³/mol. The Morgan fingerprint density at radius 2 is 2.06 bits per heavy atom. The summed E-state index contributed by atoms with van der Waals surface area (Å²) in [7, 11) is 0. The molecule has 1 aliphatic rings. The molecular formula is C11H14N2O3. The van der Waals surface area contributed by atoms with Crippen molar-refractivity contribution in [2.24, 2.45) is 0 Å². The fourth-order valence-electron chi connectivity index (χ4n) is 1.93. The smallest absolute Gasteiger partial charge is 0.151 e. The first-order valence-corrected chi connectivity index (χ1v) is 5.14. The second kappa shape index (κ2) is 4.19. The Morgan fingerprint density at radius 3 is 2.56 bits per heavy atom. The van der Waals surface area contributed by atoms with Crippen LogP contribution in [0.3, 0.4) is 0 Å². The van der Waals surface area contributed by atoms with Crippen molar-refractivity contribution in [1.82, 2.24) is 4.98 Å². The Morgan fingerprint density at radius 1 is 1.44 bits per heavy atom. The molecular weight excluding hydrogens is 208 g/mol. The van der Waals surface area contributed by atoms with Gasteiger partial charge in [0.25, 0.3) is 0 Å². The third-order valence-corrected chi connectivity index (χ3v) is 2.77. The molecule has 16 heavy (non-hydrogen) atoms. The molecule has 0 aliphatic carbocycles. The molecule has 2 heterocycles. The maximum absolute atomic E-state index is 10.6. The van der Waals surface area contributed by atoms with Crippen LogP contribution in [0.25, 0.3) is 0 Å². The number of aliphatic hydroxyl groups excluding tert-OH is 2. The molecule has 0 amide bonds. The van der Waals surface area contributed by atoms with Gasteiger partial charge in [-0.3, -0.25) is 4.79 Å². The number of aldehydes is 1. The van der Waals surface area contributed by atoms with Crippen molar-refractivity contribution < 1.29 is 15.0 Å². The van der Waals surface area contributed by atoms with E-state index in [1.165, 1.54) is 6.20 Å². The third-order valence-electron chi connectivity index (χ3n) is 2.77. The molecule has 1 aliphatic heterocycles. The van der Waals surface area contributed by atoms with Crippen LogP contribution in [-0.2, 0) is 0 Å². The van der Waals surface area contributed by atoms with Crippen LogP contribution in [0.5, 0.6) is 0 Å². The zero-order chi connectivity index (χ0) is 11.7. The number of aryl methyl sites for hydroxylation is 1.